The third-order valence-corrected chi connectivity index (χ3v) is 1.65. The summed E-state index contributed by atoms with van der Waals surface area (Å²) in [5.74, 6) is 0. The molecule has 1 aromatic carbocycles. The Kier molecular flexibility index (Phi) is 1.90. The summed E-state index contributed by atoms with van der Waals surface area (Å²) in [7, 11) is 0. The lowest BCUT2D eigenvalue weighted by Crippen LogP contribution is -2.10. The molecule has 1 heterocycles. The summed E-state index contributed by atoms with van der Waals surface area (Å²) in [6.45, 7) is 1.53. The standard InChI is InChI=1S/C9H10N2O2/c1-6(12)13-9-10-7-4-2-3-5-8(7)11-9/h2-6,12H,1H3,(H,10,11). The van der Waals surface area contributed by atoms with Gasteiger partial charge in [0.2, 0.25) is 0 Å². The van der Waals surface area contributed by atoms with Crippen molar-refractivity contribution < 1.29 is 9.84 Å². The van der Waals surface area contributed by atoms with E-state index in [9.17, 15) is 0 Å². The summed E-state index contributed by atoms with van der Waals surface area (Å²) < 4.78 is 4.99. The van der Waals surface area contributed by atoms with Crippen LogP contribution in [0.1, 0.15) is 6.92 Å². The lowest BCUT2D eigenvalue weighted by atomic mass is 10.3. The summed E-state index contributed by atoms with van der Waals surface area (Å²) in [4.78, 5) is 7.05. The number of aliphatic hydroxyl groups excluding tert-OH is 1. The number of hydrogen-bond acceptors (Lipinski definition) is 3. The normalized spacial score (nSPS) is 13.1. The number of ether oxygens (including phenoxy) is 1. The zero-order chi connectivity index (χ0) is 9.26. The minimum absolute atomic E-state index is 0.344. The Labute approximate surface area is 75.2 Å². The lowest BCUT2D eigenvalue weighted by molar-refractivity contribution is -0.00644. The van der Waals surface area contributed by atoms with Crippen molar-refractivity contribution in [3.8, 4) is 6.01 Å². The minimum Gasteiger partial charge on any atom is -0.435 e. The van der Waals surface area contributed by atoms with E-state index in [-0.39, 0.29) is 0 Å². The molecule has 0 saturated carbocycles. The highest BCUT2D eigenvalue weighted by molar-refractivity contribution is 5.75. The zero-order valence-corrected chi connectivity index (χ0v) is 7.19. The number of aliphatic hydroxyl groups is 1. The first-order valence-corrected chi connectivity index (χ1v) is 4.05. The fraction of sp³-hybridized carbons (Fsp3) is 0.222. The molecule has 0 fully saturated rings. The maximum Gasteiger partial charge on any atom is 0.296 e. The number of nitrogens with zero attached hydrogens (tertiary/aromatic N) is 1. The molecule has 1 atom stereocenters. The van der Waals surface area contributed by atoms with Crippen LogP contribution in [0.15, 0.2) is 24.3 Å². The molecule has 0 aliphatic rings. The largest absolute Gasteiger partial charge is 0.435 e. The zero-order valence-electron chi connectivity index (χ0n) is 7.19. The van der Waals surface area contributed by atoms with E-state index >= 15 is 0 Å². The van der Waals surface area contributed by atoms with E-state index in [1.165, 1.54) is 6.92 Å². The smallest absolute Gasteiger partial charge is 0.296 e. The molecular formula is C9H10N2O2. The van der Waals surface area contributed by atoms with Gasteiger partial charge in [0.1, 0.15) is 0 Å². The van der Waals surface area contributed by atoms with Gasteiger partial charge < -0.3 is 14.8 Å². The topological polar surface area (TPSA) is 58.1 Å². The van der Waals surface area contributed by atoms with Gasteiger partial charge in [-0.1, -0.05) is 12.1 Å². The number of H-pyrrole nitrogens is 1. The molecule has 2 rings (SSSR count). The maximum atomic E-state index is 8.95. The van der Waals surface area contributed by atoms with E-state index in [0.717, 1.165) is 11.0 Å². The molecule has 2 N–H and O–H groups in total. The molecule has 4 heteroatoms. The van der Waals surface area contributed by atoms with Crippen molar-refractivity contribution >= 4 is 11.0 Å². The van der Waals surface area contributed by atoms with Gasteiger partial charge >= 0.3 is 0 Å². The van der Waals surface area contributed by atoms with Crippen LogP contribution in [0.5, 0.6) is 6.01 Å². The molecule has 4 nitrogen and oxygen atoms in total. The SMILES string of the molecule is CC(O)Oc1nc2ccccc2[nH]1. The number of para-hydroxylation sites is 2. The second-order valence-electron chi connectivity index (χ2n) is 2.78. The second-order valence-corrected chi connectivity index (χ2v) is 2.78. The van der Waals surface area contributed by atoms with Crippen LogP contribution in [0.3, 0.4) is 0 Å². The van der Waals surface area contributed by atoms with Gasteiger partial charge in [0, 0.05) is 0 Å². The number of aromatic amines is 1. The van der Waals surface area contributed by atoms with Crippen LogP contribution in [0, 0.1) is 0 Å². The van der Waals surface area contributed by atoms with Gasteiger partial charge in [-0.25, -0.2) is 0 Å². The Morgan fingerprint density at radius 1 is 1.46 bits per heavy atom. The highest BCUT2D eigenvalue weighted by atomic mass is 16.6. The van der Waals surface area contributed by atoms with Crippen LogP contribution in [0.25, 0.3) is 11.0 Å². The summed E-state index contributed by atoms with van der Waals surface area (Å²) in [6, 6.07) is 7.93. The summed E-state index contributed by atoms with van der Waals surface area (Å²) in [6.07, 6.45) is -0.847. The molecule has 0 radical (unpaired) electrons. The van der Waals surface area contributed by atoms with Crippen molar-refractivity contribution in [1.82, 2.24) is 9.97 Å². The Morgan fingerprint density at radius 2 is 2.23 bits per heavy atom. The summed E-state index contributed by atoms with van der Waals surface area (Å²) in [5, 5.41) is 8.95. The van der Waals surface area contributed by atoms with E-state index < -0.39 is 6.29 Å². The first-order valence-electron chi connectivity index (χ1n) is 4.05. The molecule has 1 aromatic heterocycles. The number of aromatic nitrogens is 2. The summed E-state index contributed by atoms with van der Waals surface area (Å²) >= 11 is 0. The number of fused-ring (bicyclic) bond motifs is 1. The first kappa shape index (κ1) is 8.07. The van der Waals surface area contributed by atoms with Crippen LogP contribution >= 0.6 is 0 Å². The Hall–Kier alpha value is -1.55. The van der Waals surface area contributed by atoms with Crippen LogP contribution < -0.4 is 4.74 Å². The molecule has 68 valence electrons. The number of imidazole rings is 1. The maximum absolute atomic E-state index is 8.95. The van der Waals surface area contributed by atoms with Gasteiger partial charge in [0.25, 0.3) is 6.01 Å². The molecule has 0 saturated heterocycles. The van der Waals surface area contributed by atoms with Crippen LogP contribution in [-0.2, 0) is 0 Å². The van der Waals surface area contributed by atoms with E-state index in [0.29, 0.717) is 6.01 Å². The van der Waals surface area contributed by atoms with Crippen molar-refractivity contribution in [2.24, 2.45) is 0 Å². The molecular weight excluding hydrogens is 168 g/mol. The predicted molar refractivity (Wildman–Crippen MR) is 48.4 cm³/mol. The Morgan fingerprint density at radius 3 is 2.92 bits per heavy atom. The molecule has 0 aliphatic heterocycles. The van der Waals surface area contributed by atoms with Crippen molar-refractivity contribution in [3.63, 3.8) is 0 Å². The molecule has 2 aromatic rings. The molecule has 0 aliphatic carbocycles. The molecule has 0 amide bonds. The highest BCUT2D eigenvalue weighted by Crippen LogP contribution is 2.15. The van der Waals surface area contributed by atoms with Crippen LogP contribution in [-0.4, -0.2) is 21.4 Å². The quantitative estimate of drug-likeness (QED) is 0.681. The van der Waals surface area contributed by atoms with Gasteiger partial charge in [-0.2, -0.15) is 4.98 Å². The third kappa shape index (κ3) is 1.62. The number of rotatable bonds is 2. The van der Waals surface area contributed by atoms with Gasteiger partial charge in [-0.05, 0) is 19.1 Å². The predicted octanol–water partition coefficient (Wildman–Crippen LogP) is 1.28. The Balaban J connectivity index is 2.38. The molecule has 1 unspecified atom stereocenters. The van der Waals surface area contributed by atoms with E-state index in [1.807, 2.05) is 24.3 Å². The van der Waals surface area contributed by atoms with Gasteiger partial charge in [-0.15, -0.1) is 0 Å². The fourth-order valence-corrected chi connectivity index (χ4v) is 1.15. The van der Waals surface area contributed by atoms with Gasteiger partial charge in [-0.3, -0.25) is 0 Å². The van der Waals surface area contributed by atoms with Gasteiger partial charge in [0.05, 0.1) is 11.0 Å². The summed E-state index contributed by atoms with van der Waals surface area (Å²) in [5.41, 5.74) is 1.73. The average Bonchev–Trinajstić information content (AvgIpc) is 2.44. The van der Waals surface area contributed by atoms with E-state index in [2.05, 4.69) is 9.97 Å². The van der Waals surface area contributed by atoms with Gasteiger partial charge in [0.15, 0.2) is 6.29 Å². The average molecular weight is 178 g/mol. The van der Waals surface area contributed by atoms with Crippen LogP contribution in [0.4, 0.5) is 0 Å². The number of nitrogens with one attached hydrogen (secondary N) is 1. The van der Waals surface area contributed by atoms with Crippen LogP contribution in [0.2, 0.25) is 0 Å². The van der Waals surface area contributed by atoms with Crippen molar-refractivity contribution in [2.75, 3.05) is 0 Å². The van der Waals surface area contributed by atoms with E-state index in [1.54, 1.807) is 0 Å². The third-order valence-electron chi connectivity index (χ3n) is 1.65. The monoisotopic (exact) mass is 178 g/mol. The van der Waals surface area contributed by atoms with Crippen molar-refractivity contribution in [3.05, 3.63) is 24.3 Å². The number of hydrogen-bond donors (Lipinski definition) is 2. The Bertz CT molecular complexity index is 376. The fourth-order valence-electron chi connectivity index (χ4n) is 1.15. The number of benzene rings is 1. The first-order chi connectivity index (χ1) is 6.25. The molecule has 13 heavy (non-hydrogen) atoms. The second kappa shape index (κ2) is 3.06. The van der Waals surface area contributed by atoms with Crippen molar-refractivity contribution in [2.45, 2.75) is 13.2 Å². The highest BCUT2D eigenvalue weighted by Gasteiger charge is 2.04. The molecule has 0 bridgehead atoms. The lowest BCUT2D eigenvalue weighted by Gasteiger charge is -2.02. The molecule has 0 spiro atoms. The minimum atomic E-state index is -0.847. The van der Waals surface area contributed by atoms with E-state index in [4.69, 9.17) is 9.84 Å². The van der Waals surface area contributed by atoms with Crippen molar-refractivity contribution in [1.29, 1.82) is 0 Å².